The number of carbonyl (C=O) groups excluding carboxylic acids is 12. The smallest absolute Gasteiger partial charge is 0.302 e. The van der Waals surface area contributed by atoms with Crippen LogP contribution in [0.5, 0.6) is 0 Å². The molecule has 3 rings (SSSR count). The van der Waals surface area contributed by atoms with Crippen LogP contribution in [0.3, 0.4) is 0 Å². The van der Waals surface area contributed by atoms with Gasteiger partial charge in [0, 0.05) is 86.4 Å². The molecule has 0 saturated carbocycles. The molecule has 0 bridgehead atoms. The van der Waals surface area contributed by atoms with E-state index in [9.17, 15) is 57.5 Å². The third kappa shape index (κ3) is 32.9. The van der Waals surface area contributed by atoms with Crippen molar-refractivity contribution in [1.82, 2.24) is 42.5 Å². The van der Waals surface area contributed by atoms with Gasteiger partial charge in [0.15, 0.2) is 18.9 Å². The van der Waals surface area contributed by atoms with Crippen molar-refractivity contribution in [3.05, 3.63) is 0 Å². The Morgan fingerprint density at radius 3 is 1.02 bits per heavy atom. The average Bonchev–Trinajstić information content (AvgIpc) is 0.824. The van der Waals surface area contributed by atoms with Crippen LogP contribution in [-0.4, -0.2) is 237 Å². The Kier molecular flexibility index (Phi) is 39.0. The van der Waals surface area contributed by atoms with Crippen LogP contribution in [0.2, 0.25) is 0 Å². The minimum absolute atomic E-state index is 0.00819. The van der Waals surface area contributed by atoms with E-state index in [1.54, 1.807) is 0 Å². The van der Waals surface area contributed by atoms with Gasteiger partial charge < -0.3 is 99.4 Å². The van der Waals surface area contributed by atoms with Crippen molar-refractivity contribution >= 4 is 70.8 Å². The summed E-state index contributed by atoms with van der Waals surface area (Å²) in [4.78, 5) is 148. The Hall–Kier alpha value is -6.36. The predicted molar refractivity (Wildman–Crippen MR) is 345 cm³/mol. The number of amides is 7. The first kappa shape index (κ1) is 84.9. The summed E-state index contributed by atoms with van der Waals surface area (Å²) in [5.41, 5.74) is -1.06. The number of ether oxygens (including phenoxy) is 12. The highest BCUT2D eigenvalue weighted by Crippen LogP contribution is 2.34. The lowest BCUT2D eigenvalue weighted by atomic mass is 9.82. The quantitative estimate of drug-likeness (QED) is 0.0176. The van der Waals surface area contributed by atoms with Crippen LogP contribution in [0.4, 0.5) is 0 Å². The zero-order valence-corrected chi connectivity index (χ0v) is 59.1. The molecule has 0 aromatic carbocycles. The van der Waals surface area contributed by atoms with Crippen LogP contribution in [0.25, 0.3) is 0 Å². The van der Waals surface area contributed by atoms with Crippen LogP contribution in [-0.2, 0) is 114 Å². The van der Waals surface area contributed by atoms with E-state index in [-0.39, 0.29) is 182 Å². The summed E-state index contributed by atoms with van der Waals surface area (Å²) in [5, 5.41) is 22.6. The second-order valence-corrected chi connectivity index (χ2v) is 25.7. The lowest BCUT2D eigenvalue weighted by molar-refractivity contribution is -0.242. The lowest BCUT2D eigenvalue weighted by Gasteiger charge is -2.44. The van der Waals surface area contributed by atoms with E-state index in [0.29, 0.717) is 12.8 Å². The lowest BCUT2D eigenvalue weighted by Crippen LogP contribution is -2.59. The molecule has 0 radical (unpaired) electrons. The fourth-order valence-electron chi connectivity index (χ4n) is 11.2. The van der Waals surface area contributed by atoms with Crippen LogP contribution >= 0.6 is 0 Å². The summed E-state index contributed by atoms with van der Waals surface area (Å²) < 4.78 is 69.4. The van der Waals surface area contributed by atoms with Crippen molar-refractivity contribution in [3.8, 4) is 0 Å². The second-order valence-electron chi connectivity index (χ2n) is 25.7. The predicted octanol–water partition coefficient (Wildman–Crippen LogP) is 0.309. The molecule has 0 spiro atoms. The number of esters is 3. The topological polar surface area (TPSA) is 412 Å². The molecule has 8 N–H and O–H groups in total. The molecule has 6 unspecified atom stereocenters. The molecule has 3 aliphatic heterocycles. The molecule has 3 heterocycles. The van der Waals surface area contributed by atoms with Crippen LogP contribution in [0, 0.1) is 35.5 Å². The molecule has 7 amide bonds. The van der Waals surface area contributed by atoms with Gasteiger partial charge in [-0.15, -0.1) is 0 Å². The van der Waals surface area contributed by atoms with Gasteiger partial charge >= 0.3 is 17.9 Å². The summed E-state index contributed by atoms with van der Waals surface area (Å²) in [5.74, 6) is -5.53. The third-order valence-corrected chi connectivity index (χ3v) is 17.1. The maximum atomic E-state index is 13.1. The molecular weight excluding hydrogens is 1280 g/mol. The minimum atomic E-state index is -1.06. The third-order valence-electron chi connectivity index (χ3n) is 17.1. The Balaban J connectivity index is 1.55. The van der Waals surface area contributed by atoms with E-state index in [1.165, 1.54) is 41.5 Å². The van der Waals surface area contributed by atoms with Crippen molar-refractivity contribution in [1.29, 1.82) is 0 Å². The summed E-state index contributed by atoms with van der Waals surface area (Å²) in [6.07, 6.45) is -3.87. The fraction of sp³-hybridized carbons (Fsp3) is 0.815. The normalized spacial score (nSPS) is 26.0. The Morgan fingerprint density at radius 2 is 0.711 bits per heavy atom. The highest BCUT2D eigenvalue weighted by molar-refractivity contribution is 5.81. The van der Waals surface area contributed by atoms with E-state index in [2.05, 4.69) is 42.5 Å². The van der Waals surface area contributed by atoms with E-state index in [1.807, 2.05) is 55.4 Å². The van der Waals surface area contributed by atoms with Crippen molar-refractivity contribution < 1.29 is 114 Å². The van der Waals surface area contributed by atoms with E-state index >= 15 is 0 Å². The summed E-state index contributed by atoms with van der Waals surface area (Å²) in [6.45, 7) is 21.6. The molecule has 3 fully saturated rings. The number of Topliss-reactive ketones (excluding diaryl/α,β-unsaturated/α-hetero) is 2. The molecule has 3 saturated heterocycles. The SMILES string of the molecule is CC(=O)NC1[C@H](OCC(=O)NCCCC(=O)CCOCC(COCCC(=O)CCCNC(=O)CO[C@@H]2OC(COC(C)=O)[C@H](C)[C@H](C)C2NC(C)=O)(COCCC(=O)NCNC(=O)CO[C@@H]2OC(COC(C)=O)[C@H](C)[C@H](C)C2NC(C)=O)NC(C)C)OC(COC(C)=O)[C@H](C)[C@@H]1C. The van der Waals surface area contributed by atoms with Gasteiger partial charge in [0.25, 0.3) is 0 Å². The molecule has 3 aliphatic rings. The fourth-order valence-corrected chi connectivity index (χ4v) is 11.2. The zero-order valence-electron chi connectivity index (χ0n) is 59.1. The van der Waals surface area contributed by atoms with Crippen molar-refractivity contribution in [3.63, 3.8) is 0 Å². The largest absolute Gasteiger partial charge is 0.463 e. The molecule has 32 nitrogen and oxygen atoms in total. The minimum Gasteiger partial charge on any atom is -0.463 e. The first-order chi connectivity index (χ1) is 45.8. The molecule has 32 heteroatoms. The number of hydrogen-bond donors (Lipinski definition) is 8. The summed E-state index contributed by atoms with van der Waals surface area (Å²) >= 11 is 0. The molecule has 0 aromatic rings. The highest BCUT2D eigenvalue weighted by atomic mass is 16.7. The van der Waals surface area contributed by atoms with Gasteiger partial charge in [-0.05, 0) is 48.3 Å². The highest BCUT2D eigenvalue weighted by Gasteiger charge is 2.46. The number of ketones is 2. The number of rotatable bonds is 45. The molecule has 97 heavy (non-hydrogen) atoms. The van der Waals surface area contributed by atoms with Crippen molar-refractivity contribution in [2.45, 2.75) is 209 Å². The van der Waals surface area contributed by atoms with Gasteiger partial charge in [0.1, 0.15) is 51.2 Å². The zero-order chi connectivity index (χ0) is 72.4. The Morgan fingerprint density at radius 1 is 0.402 bits per heavy atom. The Labute approximate surface area is 569 Å². The molecule has 0 aromatic heterocycles. The van der Waals surface area contributed by atoms with Gasteiger partial charge in [0.2, 0.25) is 41.4 Å². The second kappa shape index (κ2) is 44.6. The van der Waals surface area contributed by atoms with Crippen molar-refractivity contribution in [2.24, 2.45) is 35.5 Å². The van der Waals surface area contributed by atoms with Gasteiger partial charge in [0.05, 0.1) is 94.7 Å². The summed E-state index contributed by atoms with van der Waals surface area (Å²) in [7, 11) is 0. The van der Waals surface area contributed by atoms with Crippen LogP contribution < -0.4 is 42.5 Å². The van der Waals surface area contributed by atoms with Crippen LogP contribution in [0.15, 0.2) is 0 Å². The van der Waals surface area contributed by atoms with E-state index in [4.69, 9.17) is 56.8 Å². The number of hydrogen-bond acceptors (Lipinski definition) is 25. The van der Waals surface area contributed by atoms with E-state index in [0.717, 1.165) is 0 Å². The monoisotopic (exact) mass is 1390 g/mol. The summed E-state index contributed by atoms with van der Waals surface area (Å²) in [6, 6.07) is -1.93. The van der Waals surface area contributed by atoms with E-state index < -0.39 is 122 Å². The Bertz CT molecular complexity index is 2430. The van der Waals surface area contributed by atoms with Crippen molar-refractivity contribution in [2.75, 3.05) is 99.0 Å². The average molecular weight is 1390 g/mol. The number of nitrogens with one attached hydrogen (secondary N) is 8. The molecule has 15 atom stereocenters. The molecule has 554 valence electrons. The van der Waals surface area contributed by atoms with Gasteiger partial charge in [-0.3, -0.25) is 57.5 Å². The maximum absolute atomic E-state index is 13.1. The standard InChI is InChI=1S/C65H110N8O24/c1-37(2)73-65(35-88-26-21-55(82)68-36-69-58(85)32-94-64-61(72-46(11)76)43(8)40(5)54(97-64)29-91-49(14)79,33-86-24-19-50(80)17-15-22-66-56(83)30-92-62-59(70-44(9)74)41(6)38(3)52(95-62)27-89-47(12)77)34-87-25-20-51(81)18-16-23-67-57(84)31-93-63-60(71-45(10)75)42(7)39(4)53(96-63)28-90-48(13)78/h37-43,52-54,59-64,73H,15-36H2,1-14H3,(H,66,83)(H,67,84)(H,68,82)(H,69,85)(H,70,74)(H,71,75)(H,72,76)/t38-,39-,40-,41+,42+,43+,52?,53?,54?,59?,60?,61?,62-,63-,64-,65?/m1/s1. The first-order valence-corrected chi connectivity index (χ1v) is 33.4. The van der Waals surface area contributed by atoms with Crippen LogP contribution in [0.1, 0.15) is 142 Å². The van der Waals surface area contributed by atoms with Gasteiger partial charge in [-0.1, -0.05) is 55.4 Å². The number of carbonyl (C=O) groups is 12. The maximum Gasteiger partial charge on any atom is 0.302 e. The van der Waals surface area contributed by atoms with Gasteiger partial charge in [-0.25, -0.2) is 0 Å². The molecular formula is C65H110N8O24. The molecule has 0 aliphatic carbocycles. The van der Waals surface area contributed by atoms with Gasteiger partial charge in [-0.2, -0.15) is 0 Å². The first-order valence-electron chi connectivity index (χ1n) is 33.4.